The molecule has 0 amide bonds. The molecule has 7 heteroatoms. The first-order valence-corrected chi connectivity index (χ1v) is 10.6. The van der Waals surface area contributed by atoms with E-state index in [9.17, 15) is 9.90 Å². The highest BCUT2D eigenvalue weighted by Gasteiger charge is 2.18. The largest absolute Gasteiger partial charge is 0.488 e. The molecule has 2 heterocycles. The van der Waals surface area contributed by atoms with Crippen LogP contribution in [0, 0.1) is 0 Å². The SMILES string of the molecule is O=C(O)c1cc2nc(-c3ccc(Cl)cc3)cc(-c3ccccc3OCc3ccccc3)n2n1. The second-order valence-electron chi connectivity index (χ2n) is 7.41. The van der Waals surface area contributed by atoms with E-state index in [1.165, 1.54) is 10.6 Å². The van der Waals surface area contributed by atoms with Gasteiger partial charge in [-0.3, -0.25) is 0 Å². The minimum Gasteiger partial charge on any atom is -0.488 e. The number of aromatic carboxylic acids is 1. The second-order valence-corrected chi connectivity index (χ2v) is 7.85. The minimum absolute atomic E-state index is 0.0836. The van der Waals surface area contributed by atoms with Gasteiger partial charge >= 0.3 is 5.97 Å². The quantitative estimate of drug-likeness (QED) is 0.340. The molecule has 0 radical (unpaired) electrons. The number of hydrogen-bond donors (Lipinski definition) is 1. The summed E-state index contributed by atoms with van der Waals surface area (Å²) in [5.41, 5.74) is 4.35. The van der Waals surface area contributed by atoms with Crippen LogP contribution >= 0.6 is 11.6 Å². The second kappa shape index (κ2) is 8.76. The number of nitrogens with zero attached hydrogens (tertiary/aromatic N) is 3. The number of hydrogen-bond acceptors (Lipinski definition) is 4. The van der Waals surface area contributed by atoms with Crippen LogP contribution in [-0.4, -0.2) is 25.7 Å². The van der Waals surface area contributed by atoms with Crippen molar-refractivity contribution in [3.05, 3.63) is 107 Å². The van der Waals surface area contributed by atoms with E-state index in [1.54, 1.807) is 12.1 Å². The maximum Gasteiger partial charge on any atom is 0.356 e. The van der Waals surface area contributed by atoms with Gasteiger partial charge in [0, 0.05) is 22.2 Å². The van der Waals surface area contributed by atoms with Gasteiger partial charge in [-0.1, -0.05) is 66.2 Å². The Morgan fingerprint density at radius 2 is 1.67 bits per heavy atom. The van der Waals surface area contributed by atoms with E-state index in [0.717, 1.165) is 16.7 Å². The fourth-order valence-corrected chi connectivity index (χ4v) is 3.70. The summed E-state index contributed by atoms with van der Waals surface area (Å²) >= 11 is 6.05. The van der Waals surface area contributed by atoms with Gasteiger partial charge in [-0.2, -0.15) is 5.10 Å². The molecule has 0 aliphatic carbocycles. The molecule has 1 N–H and O–H groups in total. The van der Waals surface area contributed by atoms with Crippen LogP contribution < -0.4 is 4.74 Å². The van der Waals surface area contributed by atoms with Crippen molar-refractivity contribution in [1.82, 2.24) is 14.6 Å². The van der Waals surface area contributed by atoms with Crippen molar-refractivity contribution >= 4 is 23.2 Å². The molecular formula is C26H18ClN3O3. The number of aromatic nitrogens is 3. The Balaban J connectivity index is 1.65. The fraction of sp³-hybridized carbons (Fsp3) is 0.0385. The van der Waals surface area contributed by atoms with Crippen molar-refractivity contribution in [2.45, 2.75) is 6.61 Å². The third-order valence-electron chi connectivity index (χ3n) is 5.19. The Morgan fingerprint density at radius 3 is 2.42 bits per heavy atom. The predicted molar refractivity (Wildman–Crippen MR) is 127 cm³/mol. The van der Waals surface area contributed by atoms with E-state index in [1.807, 2.05) is 72.8 Å². The molecule has 5 rings (SSSR count). The number of fused-ring (bicyclic) bond motifs is 1. The number of carboxylic acid groups (broad SMARTS) is 1. The summed E-state index contributed by atoms with van der Waals surface area (Å²) in [6, 6.07) is 28.1. The molecule has 6 nitrogen and oxygen atoms in total. The molecule has 0 unspecified atom stereocenters. The zero-order chi connectivity index (χ0) is 22.8. The van der Waals surface area contributed by atoms with Crippen molar-refractivity contribution < 1.29 is 14.6 Å². The van der Waals surface area contributed by atoms with Crippen molar-refractivity contribution in [2.75, 3.05) is 0 Å². The van der Waals surface area contributed by atoms with E-state index in [4.69, 9.17) is 16.3 Å². The normalized spacial score (nSPS) is 10.9. The molecule has 5 aromatic rings. The van der Waals surface area contributed by atoms with Crippen LogP contribution in [0.3, 0.4) is 0 Å². The lowest BCUT2D eigenvalue weighted by molar-refractivity contribution is 0.0690. The highest BCUT2D eigenvalue weighted by molar-refractivity contribution is 6.30. The van der Waals surface area contributed by atoms with E-state index in [2.05, 4.69) is 10.1 Å². The molecule has 0 bridgehead atoms. The van der Waals surface area contributed by atoms with Crippen molar-refractivity contribution in [3.63, 3.8) is 0 Å². The Hall–Kier alpha value is -4.16. The Morgan fingerprint density at radius 1 is 0.939 bits per heavy atom. The molecule has 0 spiro atoms. The summed E-state index contributed by atoms with van der Waals surface area (Å²) in [6.07, 6.45) is 0. The van der Waals surface area contributed by atoms with Crippen molar-refractivity contribution in [3.8, 4) is 28.3 Å². The molecule has 0 saturated heterocycles. The Labute approximate surface area is 194 Å². The van der Waals surface area contributed by atoms with Gasteiger partial charge in [-0.05, 0) is 35.9 Å². The first kappa shape index (κ1) is 20.7. The number of halogens is 1. The number of para-hydroxylation sites is 1. The van der Waals surface area contributed by atoms with E-state index in [0.29, 0.717) is 34.4 Å². The molecule has 0 fully saturated rings. The Bertz CT molecular complexity index is 1450. The number of carbonyl (C=O) groups is 1. The van der Waals surface area contributed by atoms with E-state index in [-0.39, 0.29) is 5.69 Å². The van der Waals surface area contributed by atoms with Gasteiger partial charge in [0.2, 0.25) is 0 Å². The van der Waals surface area contributed by atoms with E-state index < -0.39 is 5.97 Å². The van der Waals surface area contributed by atoms with Gasteiger partial charge in [0.05, 0.1) is 11.4 Å². The van der Waals surface area contributed by atoms with Gasteiger partial charge in [-0.15, -0.1) is 0 Å². The van der Waals surface area contributed by atoms with Crippen LogP contribution in [-0.2, 0) is 6.61 Å². The van der Waals surface area contributed by atoms with Gasteiger partial charge in [0.15, 0.2) is 11.3 Å². The van der Waals surface area contributed by atoms with Gasteiger partial charge in [0.25, 0.3) is 0 Å². The summed E-state index contributed by atoms with van der Waals surface area (Å²) in [4.78, 5) is 16.2. The highest BCUT2D eigenvalue weighted by Crippen LogP contribution is 2.33. The summed E-state index contributed by atoms with van der Waals surface area (Å²) < 4.78 is 7.68. The summed E-state index contributed by atoms with van der Waals surface area (Å²) in [5, 5.41) is 14.4. The smallest absolute Gasteiger partial charge is 0.356 e. The Kier molecular flexibility index (Phi) is 5.50. The van der Waals surface area contributed by atoms with Gasteiger partial charge < -0.3 is 9.84 Å². The number of carboxylic acids is 1. The predicted octanol–water partition coefficient (Wildman–Crippen LogP) is 5.99. The third-order valence-corrected chi connectivity index (χ3v) is 5.44. The molecule has 0 atom stereocenters. The van der Waals surface area contributed by atoms with E-state index >= 15 is 0 Å². The average Bonchev–Trinajstić information content (AvgIpc) is 3.28. The maximum absolute atomic E-state index is 11.6. The third kappa shape index (κ3) is 4.29. The lowest BCUT2D eigenvalue weighted by atomic mass is 10.1. The molecule has 0 aliphatic rings. The maximum atomic E-state index is 11.6. The lowest BCUT2D eigenvalue weighted by Gasteiger charge is -2.14. The minimum atomic E-state index is -1.12. The zero-order valence-electron chi connectivity index (χ0n) is 17.4. The van der Waals surface area contributed by atoms with Crippen LogP contribution in [0.1, 0.15) is 16.1 Å². The molecule has 33 heavy (non-hydrogen) atoms. The first-order valence-electron chi connectivity index (χ1n) is 10.2. The molecule has 0 saturated carbocycles. The number of ether oxygens (including phenoxy) is 1. The van der Waals surface area contributed by atoms with Gasteiger partial charge in [-0.25, -0.2) is 14.3 Å². The van der Waals surface area contributed by atoms with Gasteiger partial charge in [0.1, 0.15) is 12.4 Å². The standard InChI is InChI=1S/C26H18ClN3O3/c27-19-12-10-18(11-13-19)21-14-23(30-25(28-21)15-22(29-30)26(31)32)20-8-4-5-9-24(20)33-16-17-6-2-1-3-7-17/h1-15H,16H2,(H,31,32). The molecule has 3 aromatic carbocycles. The summed E-state index contributed by atoms with van der Waals surface area (Å²) in [6.45, 7) is 0.398. The number of benzene rings is 3. The van der Waals surface area contributed by atoms with Crippen LogP contribution in [0.5, 0.6) is 5.75 Å². The van der Waals surface area contributed by atoms with Crippen molar-refractivity contribution in [1.29, 1.82) is 0 Å². The molecule has 0 aliphatic heterocycles. The highest BCUT2D eigenvalue weighted by atomic mass is 35.5. The monoisotopic (exact) mass is 455 g/mol. The fourth-order valence-electron chi connectivity index (χ4n) is 3.58. The lowest BCUT2D eigenvalue weighted by Crippen LogP contribution is -2.03. The number of rotatable bonds is 6. The summed E-state index contributed by atoms with van der Waals surface area (Å²) in [7, 11) is 0. The zero-order valence-corrected chi connectivity index (χ0v) is 18.1. The van der Waals surface area contributed by atoms with Crippen LogP contribution in [0.25, 0.3) is 28.2 Å². The van der Waals surface area contributed by atoms with Crippen LogP contribution in [0.4, 0.5) is 0 Å². The first-order chi connectivity index (χ1) is 16.1. The molecule has 2 aromatic heterocycles. The average molecular weight is 456 g/mol. The van der Waals surface area contributed by atoms with Crippen LogP contribution in [0.2, 0.25) is 5.02 Å². The van der Waals surface area contributed by atoms with Crippen molar-refractivity contribution in [2.24, 2.45) is 0 Å². The molecule has 162 valence electrons. The topological polar surface area (TPSA) is 76.7 Å². The van der Waals surface area contributed by atoms with Crippen LogP contribution in [0.15, 0.2) is 91.0 Å². The molecular weight excluding hydrogens is 438 g/mol. The summed E-state index contributed by atoms with van der Waals surface area (Å²) in [5.74, 6) is -0.462.